The van der Waals surface area contributed by atoms with Crippen LogP contribution in [0.2, 0.25) is 0 Å². The fourth-order valence-electron chi connectivity index (χ4n) is 1.40. The molecule has 0 amide bonds. The molecule has 2 rings (SSSR count). The second-order valence-corrected chi connectivity index (χ2v) is 3.89. The Kier molecular flexibility index (Phi) is 2.79. The largest absolute Gasteiger partial charge is 0.326 e. The standard InChI is InChI=1S/C11H9F2NS/c12-10-2-1-7(3-11(10)13)9-6-15-5-8(9)4-14/h1-3,5-6H,4,14H2. The Morgan fingerprint density at radius 2 is 1.93 bits per heavy atom. The maximum absolute atomic E-state index is 13.0. The van der Waals surface area contributed by atoms with E-state index in [0.717, 1.165) is 17.2 Å². The molecule has 0 spiro atoms. The van der Waals surface area contributed by atoms with E-state index in [0.29, 0.717) is 12.1 Å². The van der Waals surface area contributed by atoms with Crippen molar-refractivity contribution >= 4 is 11.3 Å². The lowest BCUT2D eigenvalue weighted by Gasteiger charge is -2.02. The van der Waals surface area contributed by atoms with E-state index in [2.05, 4.69) is 0 Å². The number of hydrogen-bond acceptors (Lipinski definition) is 2. The Hall–Kier alpha value is -1.26. The average molecular weight is 225 g/mol. The van der Waals surface area contributed by atoms with Crippen molar-refractivity contribution in [1.82, 2.24) is 0 Å². The van der Waals surface area contributed by atoms with E-state index in [1.807, 2.05) is 10.8 Å². The highest BCUT2D eigenvalue weighted by Crippen LogP contribution is 2.28. The van der Waals surface area contributed by atoms with Crippen LogP contribution in [0.4, 0.5) is 8.78 Å². The first kappa shape index (κ1) is 10.3. The second kappa shape index (κ2) is 4.08. The van der Waals surface area contributed by atoms with Gasteiger partial charge >= 0.3 is 0 Å². The van der Waals surface area contributed by atoms with Crippen LogP contribution in [0.25, 0.3) is 11.1 Å². The zero-order valence-electron chi connectivity index (χ0n) is 7.84. The molecule has 0 fully saturated rings. The third-order valence-corrected chi connectivity index (χ3v) is 2.99. The number of hydrogen-bond donors (Lipinski definition) is 1. The smallest absolute Gasteiger partial charge is 0.159 e. The first-order chi connectivity index (χ1) is 7.22. The first-order valence-electron chi connectivity index (χ1n) is 4.43. The molecular weight excluding hydrogens is 216 g/mol. The normalized spacial score (nSPS) is 10.6. The van der Waals surface area contributed by atoms with Crippen molar-refractivity contribution in [3.05, 3.63) is 46.2 Å². The molecule has 0 atom stereocenters. The highest BCUT2D eigenvalue weighted by Gasteiger charge is 2.08. The van der Waals surface area contributed by atoms with E-state index in [1.165, 1.54) is 17.4 Å². The van der Waals surface area contributed by atoms with E-state index < -0.39 is 11.6 Å². The third-order valence-electron chi connectivity index (χ3n) is 2.19. The van der Waals surface area contributed by atoms with Gasteiger partial charge in [-0.25, -0.2) is 8.78 Å². The third kappa shape index (κ3) is 1.91. The van der Waals surface area contributed by atoms with Gasteiger partial charge in [0.05, 0.1) is 0 Å². The average Bonchev–Trinajstić information content (AvgIpc) is 2.70. The molecule has 2 aromatic rings. The lowest BCUT2D eigenvalue weighted by Crippen LogP contribution is -1.96. The van der Waals surface area contributed by atoms with Crippen molar-refractivity contribution in [2.75, 3.05) is 0 Å². The molecule has 0 radical (unpaired) electrons. The molecule has 2 N–H and O–H groups in total. The molecule has 1 nitrogen and oxygen atoms in total. The molecule has 1 aromatic carbocycles. The summed E-state index contributed by atoms with van der Waals surface area (Å²) in [4.78, 5) is 0. The fourth-order valence-corrected chi connectivity index (χ4v) is 2.28. The highest BCUT2D eigenvalue weighted by atomic mass is 32.1. The maximum Gasteiger partial charge on any atom is 0.159 e. The lowest BCUT2D eigenvalue weighted by molar-refractivity contribution is 0.509. The van der Waals surface area contributed by atoms with E-state index in [9.17, 15) is 8.78 Å². The molecule has 4 heteroatoms. The second-order valence-electron chi connectivity index (χ2n) is 3.14. The SMILES string of the molecule is NCc1cscc1-c1ccc(F)c(F)c1. The van der Waals surface area contributed by atoms with E-state index in [-0.39, 0.29) is 0 Å². The van der Waals surface area contributed by atoms with Crippen LogP contribution in [0.3, 0.4) is 0 Å². The molecule has 0 unspecified atom stereocenters. The van der Waals surface area contributed by atoms with Crippen LogP contribution in [0.15, 0.2) is 29.0 Å². The van der Waals surface area contributed by atoms with Gasteiger partial charge in [-0.2, -0.15) is 11.3 Å². The summed E-state index contributed by atoms with van der Waals surface area (Å²) in [5.41, 5.74) is 8.03. The predicted molar refractivity (Wildman–Crippen MR) is 57.6 cm³/mol. The van der Waals surface area contributed by atoms with Crippen LogP contribution >= 0.6 is 11.3 Å². The zero-order valence-corrected chi connectivity index (χ0v) is 8.65. The Morgan fingerprint density at radius 1 is 1.13 bits per heavy atom. The predicted octanol–water partition coefficient (Wildman–Crippen LogP) is 3.15. The number of nitrogens with two attached hydrogens (primary N) is 1. The highest BCUT2D eigenvalue weighted by molar-refractivity contribution is 7.08. The van der Waals surface area contributed by atoms with Gasteiger partial charge in [0.15, 0.2) is 11.6 Å². The molecule has 0 aliphatic rings. The summed E-state index contributed by atoms with van der Waals surface area (Å²) < 4.78 is 25.7. The van der Waals surface area contributed by atoms with Crippen molar-refractivity contribution in [2.24, 2.45) is 5.73 Å². The Morgan fingerprint density at radius 3 is 2.60 bits per heavy atom. The summed E-state index contributed by atoms with van der Waals surface area (Å²) >= 11 is 1.50. The molecule has 15 heavy (non-hydrogen) atoms. The van der Waals surface area contributed by atoms with Crippen molar-refractivity contribution < 1.29 is 8.78 Å². The minimum absolute atomic E-state index is 0.401. The number of thiophene rings is 1. The van der Waals surface area contributed by atoms with Gasteiger partial charge in [-0.3, -0.25) is 0 Å². The monoisotopic (exact) mass is 225 g/mol. The summed E-state index contributed by atoms with van der Waals surface area (Å²) in [6, 6.07) is 3.87. The van der Waals surface area contributed by atoms with E-state index in [4.69, 9.17) is 5.73 Å². The van der Waals surface area contributed by atoms with E-state index in [1.54, 1.807) is 6.07 Å². The van der Waals surface area contributed by atoms with Crippen molar-refractivity contribution in [2.45, 2.75) is 6.54 Å². The first-order valence-corrected chi connectivity index (χ1v) is 5.37. The van der Waals surface area contributed by atoms with Crippen LogP contribution in [0, 0.1) is 11.6 Å². The Balaban J connectivity index is 2.50. The van der Waals surface area contributed by atoms with Crippen molar-refractivity contribution in [3.8, 4) is 11.1 Å². The fraction of sp³-hybridized carbons (Fsp3) is 0.0909. The maximum atomic E-state index is 13.0. The number of benzene rings is 1. The van der Waals surface area contributed by atoms with Crippen molar-refractivity contribution in [3.63, 3.8) is 0 Å². The summed E-state index contributed by atoms with van der Waals surface area (Å²) in [6.07, 6.45) is 0. The van der Waals surface area contributed by atoms with Crippen LogP contribution in [0.5, 0.6) is 0 Å². The lowest BCUT2D eigenvalue weighted by atomic mass is 10.0. The Bertz CT molecular complexity index is 479. The van der Waals surface area contributed by atoms with Gasteiger partial charge in [0.25, 0.3) is 0 Å². The summed E-state index contributed by atoms with van der Waals surface area (Å²) in [6.45, 7) is 0.401. The molecule has 0 aliphatic heterocycles. The van der Waals surface area contributed by atoms with Gasteiger partial charge < -0.3 is 5.73 Å². The zero-order chi connectivity index (χ0) is 10.8. The summed E-state index contributed by atoms with van der Waals surface area (Å²) in [7, 11) is 0. The molecule has 1 heterocycles. The van der Waals surface area contributed by atoms with Crippen LogP contribution in [0.1, 0.15) is 5.56 Å². The molecule has 0 bridgehead atoms. The van der Waals surface area contributed by atoms with Gasteiger partial charge in [0.2, 0.25) is 0 Å². The van der Waals surface area contributed by atoms with Crippen molar-refractivity contribution in [1.29, 1.82) is 0 Å². The summed E-state index contributed by atoms with van der Waals surface area (Å²) in [5.74, 6) is -1.66. The molecular formula is C11H9F2NS. The topological polar surface area (TPSA) is 26.0 Å². The molecule has 78 valence electrons. The quantitative estimate of drug-likeness (QED) is 0.834. The van der Waals surface area contributed by atoms with Crippen LogP contribution in [-0.4, -0.2) is 0 Å². The van der Waals surface area contributed by atoms with E-state index >= 15 is 0 Å². The summed E-state index contributed by atoms with van der Waals surface area (Å²) in [5, 5.41) is 3.80. The number of halogens is 2. The van der Waals surface area contributed by atoms with Gasteiger partial charge in [-0.1, -0.05) is 6.07 Å². The minimum Gasteiger partial charge on any atom is -0.326 e. The van der Waals surface area contributed by atoms with Gasteiger partial charge in [-0.15, -0.1) is 0 Å². The van der Waals surface area contributed by atoms with Crippen LogP contribution < -0.4 is 5.73 Å². The minimum atomic E-state index is -0.832. The Labute approximate surface area is 90.2 Å². The van der Waals surface area contributed by atoms with Gasteiger partial charge in [0, 0.05) is 6.54 Å². The van der Waals surface area contributed by atoms with Gasteiger partial charge in [-0.05, 0) is 39.6 Å². The molecule has 0 aliphatic carbocycles. The number of rotatable bonds is 2. The molecule has 0 saturated heterocycles. The molecule has 0 saturated carbocycles. The molecule has 1 aromatic heterocycles. The van der Waals surface area contributed by atoms with Gasteiger partial charge in [0.1, 0.15) is 0 Å². The van der Waals surface area contributed by atoms with Crippen LogP contribution in [-0.2, 0) is 6.54 Å².